The molecule has 1 amide bonds. The van der Waals surface area contributed by atoms with Gasteiger partial charge in [0.2, 0.25) is 5.91 Å². The average molecular weight is 331 g/mol. The van der Waals surface area contributed by atoms with Gasteiger partial charge in [-0.1, -0.05) is 36.4 Å². The van der Waals surface area contributed by atoms with E-state index >= 15 is 0 Å². The van der Waals surface area contributed by atoms with Crippen molar-refractivity contribution in [2.24, 2.45) is 0 Å². The molecule has 3 rings (SSSR count). The first-order chi connectivity index (χ1) is 11.1. The molecule has 1 heterocycles. The van der Waals surface area contributed by atoms with Crippen LogP contribution in [0.4, 0.5) is 10.1 Å². The van der Waals surface area contributed by atoms with Crippen LogP contribution in [0.1, 0.15) is 18.1 Å². The predicted molar refractivity (Wildman–Crippen MR) is 90.2 cm³/mol. The molecule has 0 fully saturated rings. The van der Waals surface area contributed by atoms with Gasteiger partial charge >= 0.3 is 0 Å². The van der Waals surface area contributed by atoms with E-state index in [0.717, 1.165) is 17.7 Å². The predicted octanol–water partition coefficient (Wildman–Crippen LogP) is 3.05. The van der Waals surface area contributed by atoms with Crippen molar-refractivity contribution in [2.75, 3.05) is 11.4 Å². The molecule has 2 atom stereocenters. The normalized spacial score (nSPS) is 16.0. The van der Waals surface area contributed by atoms with Gasteiger partial charge in [-0.25, -0.2) is 4.39 Å². The van der Waals surface area contributed by atoms with Crippen molar-refractivity contribution in [3.63, 3.8) is 0 Å². The Balaban J connectivity index is 1.73. The number of carbonyl (C=O) groups is 1. The van der Waals surface area contributed by atoms with E-state index in [0.29, 0.717) is 12.1 Å². The molecule has 23 heavy (non-hydrogen) atoms. The van der Waals surface area contributed by atoms with Crippen molar-refractivity contribution in [2.45, 2.75) is 24.3 Å². The number of nitrogens with zero attached hydrogens (tertiary/aromatic N) is 1. The van der Waals surface area contributed by atoms with Gasteiger partial charge in [-0.05, 0) is 31.0 Å². The first kappa shape index (κ1) is 15.9. The van der Waals surface area contributed by atoms with Crippen molar-refractivity contribution in [1.82, 2.24) is 0 Å². The van der Waals surface area contributed by atoms with Crippen LogP contribution in [-0.2, 0) is 27.8 Å². The molecule has 3 nitrogen and oxygen atoms in total. The third kappa shape index (κ3) is 3.20. The summed E-state index contributed by atoms with van der Waals surface area (Å²) in [6, 6.07) is 14.0. The second-order valence-corrected chi connectivity index (χ2v) is 7.38. The molecule has 2 aromatic carbocycles. The second-order valence-electron chi connectivity index (χ2n) is 5.63. The molecule has 0 radical (unpaired) electrons. The number of hydrogen-bond donors (Lipinski definition) is 0. The molecule has 0 spiro atoms. The minimum Gasteiger partial charge on any atom is -0.311 e. The maximum absolute atomic E-state index is 13.7. The molecule has 0 aliphatic carbocycles. The van der Waals surface area contributed by atoms with E-state index < -0.39 is 16.0 Å². The molecule has 1 aliphatic heterocycles. The number of amides is 1. The molecule has 1 aliphatic rings. The van der Waals surface area contributed by atoms with Crippen molar-refractivity contribution in [1.29, 1.82) is 0 Å². The molecule has 0 aromatic heterocycles. The largest absolute Gasteiger partial charge is 0.311 e. The fourth-order valence-corrected chi connectivity index (χ4v) is 3.94. The van der Waals surface area contributed by atoms with E-state index in [2.05, 4.69) is 0 Å². The summed E-state index contributed by atoms with van der Waals surface area (Å²) in [6.07, 6.45) is 0.814. The number of carbonyl (C=O) groups excluding carboxylic acids is 1. The maximum Gasteiger partial charge on any atom is 0.242 e. The van der Waals surface area contributed by atoms with Gasteiger partial charge in [0.25, 0.3) is 0 Å². The van der Waals surface area contributed by atoms with Gasteiger partial charge in [0.15, 0.2) is 0 Å². The minimum absolute atomic E-state index is 0.0507. The lowest BCUT2D eigenvalue weighted by Crippen LogP contribution is -2.39. The van der Waals surface area contributed by atoms with Crippen molar-refractivity contribution >= 4 is 22.4 Å². The third-order valence-corrected chi connectivity index (χ3v) is 5.74. The quantitative estimate of drug-likeness (QED) is 0.863. The number of hydrogen-bond acceptors (Lipinski definition) is 2. The second kappa shape index (κ2) is 6.62. The standard InChI is InChI=1S/C18H18FNO2S/c1-13(23(22)12-15-7-2-4-8-16(15)19)18(21)20-11-10-14-6-3-5-9-17(14)20/h2-9,13H,10-12H2,1H3/t13-,23-/m1/s1. The zero-order valence-electron chi connectivity index (χ0n) is 12.9. The Bertz CT molecular complexity index is 762. The lowest BCUT2D eigenvalue weighted by Gasteiger charge is -2.21. The number of halogens is 1. The highest BCUT2D eigenvalue weighted by atomic mass is 32.2. The van der Waals surface area contributed by atoms with Gasteiger partial charge in [-0.3, -0.25) is 9.00 Å². The van der Waals surface area contributed by atoms with E-state index in [-0.39, 0.29) is 17.5 Å². The molecular weight excluding hydrogens is 313 g/mol. The summed E-state index contributed by atoms with van der Waals surface area (Å²) in [5, 5.41) is -0.666. The highest BCUT2D eigenvalue weighted by molar-refractivity contribution is 7.85. The van der Waals surface area contributed by atoms with Crippen LogP contribution in [0.3, 0.4) is 0 Å². The van der Waals surface area contributed by atoms with Gasteiger partial charge in [-0.15, -0.1) is 0 Å². The number of rotatable bonds is 4. The van der Waals surface area contributed by atoms with Gasteiger partial charge in [0.05, 0.1) is 5.75 Å². The Hall–Kier alpha value is -2.01. The van der Waals surface area contributed by atoms with E-state index in [1.165, 1.54) is 6.07 Å². The molecule has 0 saturated carbocycles. The fraction of sp³-hybridized carbons (Fsp3) is 0.278. The van der Waals surface area contributed by atoms with E-state index in [1.807, 2.05) is 24.3 Å². The highest BCUT2D eigenvalue weighted by Crippen LogP contribution is 2.28. The van der Waals surface area contributed by atoms with Crippen LogP contribution in [0.25, 0.3) is 0 Å². The molecule has 0 N–H and O–H groups in total. The Labute approximate surface area is 137 Å². The minimum atomic E-state index is -1.46. The third-order valence-electron chi connectivity index (χ3n) is 4.15. The van der Waals surface area contributed by atoms with Crippen molar-refractivity contribution in [3.8, 4) is 0 Å². The molecule has 0 unspecified atom stereocenters. The number of anilines is 1. The van der Waals surface area contributed by atoms with Crippen LogP contribution >= 0.6 is 0 Å². The van der Waals surface area contributed by atoms with Gasteiger partial charge in [0.1, 0.15) is 11.1 Å². The molecular formula is C18H18FNO2S. The van der Waals surface area contributed by atoms with E-state index in [9.17, 15) is 13.4 Å². The van der Waals surface area contributed by atoms with Crippen LogP contribution in [0, 0.1) is 5.82 Å². The van der Waals surface area contributed by atoms with Crippen LogP contribution in [0.15, 0.2) is 48.5 Å². The summed E-state index contributed by atoms with van der Waals surface area (Å²) in [5.41, 5.74) is 2.41. The average Bonchev–Trinajstić information content (AvgIpc) is 2.99. The highest BCUT2D eigenvalue weighted by Gasteiger charge is 2.30. The summed E-state index contributed by atoms with van der Waals surface area (Å²) in [7, 11) is -1.46. The molecule has 5 heteroatoms. The zero-order valence-corrected chi connectivity index (χ0v) is 13.7. The number of benzene rings is 2. The lowest BCUT2D eigenvalue weighted by atomic mass is 10.2. The fourth-order valence-electron chi connectivity index (χ4n) is 2.79. The summed E-state index contributed by atoms with van der Waals surface area (Å²) >= 11 is 0. The lowest BCUT2D eigenvalue weighted by molar-refractivity contribution is -0.117. The first-order valence-electron chi connectivity index (χ1n) is 7.58. The summed E-state index contributed by atoms with van der Waals surface area (Å²) in [4.78, 5) is 14.4. The SMILES string of the molecule is C[C@H](C(=O)N1CCc2ccccc21)[S@](=O)Cc1ccccc1F. The topological polar surface area (TPSA) is 37.4 Å². The van der Waals surface area contributed by atoms with E-state index in [4.69, 9.17) is 0 Å². The monoisotopic (exact) mass is 331 g/mol. The Morgan fingerprint density at radius 2 is 1.91 bits per heavy atom. The first-order valence-corrected chi connectivity index (χ1v) is 8.96. The Kier molecular flexibility index (Phi) is 4.57. The van der Waals surface area contributed by atoms with Crippen molar-refractivity contribution < 1.29 is 13.4 Å². The summed E-state index contributed by atoms with van der Waals surface area (Å²) in [5.74, 6) is -0.494. The Morgan fingerprint density at radius 1 is 1.22 bits per heavy atom. The molecule has 2 aromatic rings. The van der Waals surface area contributed by atoms with Gasteiger partial charge in [-0.2, -0.15) is 0 Å². The summed E-state index contributed by atoms with van der Waals surface area (Å²) < 4.78 is 26.2. The van der Waals surface area contributed by atoms with Gasteiger partial charge < -0.3 is 4.90 Å². The number of para-hydroxylation sites is 1. The smallest absolute Gasteiger partial charge is 0.242 e. The van der Waals surface area contributed by atoms with Crippen LogP contribution in [0.5, 0.6) is 0 Å². The molecule has 0 bridgehead atoms. The summed E-state index contributed by atoms with van der Waals surface area (Å²) in [6.45, 7) is 2.26. The molecule has 120 valence electrons. The Morgan fingerprint density at radius 3 is 2.70 bits per heavy atom. The number of fused-ring (bicyclic) bond motifs is 1. The van der Waals surface area contributed by atoms with E-state index in [1.54, 1.807) is 30.0 Å². The van der Waals surface area contributed by atoms with Crippen LogP contribution in [-0.4, -0.2) is 21.9 Å². The van der Waals surface area contributed by atoms with Crippen LogP contribution < -0.4 is 4.90 Å². The van der Waals surface area contributed by atoms with Gasteiger partial charge in [0, 0.05) is 28.6 Å². The van der Waals surface area contributed by atoms with Crippen molar-refractivity contribution in [3.05, 3.63) is 65.5 Å². The zero-order chi connectivity index (χ0) is 16.4. The molecule has 0 saturated heterocycles. The van der Waals surface area contributed by atoms with Crippen LogP contribution in [0.2, 0.25) is 0 Å². The maximum atomic E-state index is 13.7.